The van der Waals surface area contributed by atoms with E-state index in [-0.39, 0.29) is 6.61 Å². The molecular formula is C18H39ClO2Si2. The Morgan fingerprint density at radius 3 is 1.52 bits per heavy atom. The first-order chi connectivity index (χ1) is 10.1. The number of alkyl halides is 1. The Kier molecular flexibility index (Phi) is 11.3. The minimum absolute atomic E-state index is 0.0394. The van der Waals surface area contributed by atoms with Crippen molar-refractivity contribution in [2.45, 2.75) is 90.6 Å². The van der Waals surface area contributed by atoms with Gasteiger partial charge >= 0.3 is 0 Å². The van der Waals surface area contributed by atoms with Gasteiger partial charge in [0.05, 0.1) is 0 Å². The summed E-state index contributed by atoms with van der Waals surface area (Å²) in [6.45, 7) is 23.3. The normalized spacial score (nSPS) is 12.9. The van der Waals surface area contributed by atoms with Crippen molar-refractivity contribution in [1.29, 1.82) is 0 Å². The van der Waals surface area contributed by atoms with Crippen molar-refractivity contribution in [3.05, 3.63) is 0 Å². The third-order valence-corrected chi connectivity index (χ3v) is 16.3. The summed E-state index contributed by atoms with van der Waals surface area (Å²) >= 11 is 5.35. The smallest absolute Gasteiger partial charge is 0.178 e. The molecular weight excluding hydrogens is 340 g/mol. The Hall–Kier alpha value is 0.204. The SMILES string of the molecule is CC(C)(C)[Si](C)(C)O[Si](C)(C)C(C)(C)C.OCC#CCCCCl. The number of halogens is 1. The Bertz CT molecular complexity index is 359. The Morgan fingerprint density at radius 1 is 0.870 bits per heavy atom. The van der Waals surface area contributed by atoms with Crippen LogP contribution in [0.25, 0.3) is 0 Å². The van der Waals surface area contributed by atoms with Gasteiger partial charge in [0.25, 0.3) is 0 Å². The van der Waals surface area contributed by atoms with Crippen molar-refractivity contribution in [3.8, 4) is 11.8 Å². The van der Waals surface area contributed by atoms with Crippen molar-refractivity contribution in [3.63, 3.8) is 0 Å². The zero-order chi connectivity index (χ0) is 18.9. The van der Waals surface area contributed by atoms with Crippen LogP contribution in [0.1, 0.15) is 54.4 Å². The second-order valence-electron chi connectivity index (χ2n) is 8.93. The summed E-state index contributed by atoms with van der Waals surface area (Å²) in [6, 6.07) is 0. The van der Waals surface area contributed by atoms with Crippen molar-refractivity contribution in [2.24, 2.45) is 0 Å². The summed E-state index contributed by atoms with van der Waals surface area (Å²) in [4.78, 5) is 0. The molecule has 23 heavy (non-hydrogen) atoms. The van der Waals surface area contributed by atoms with Crippen LogP contribution in [0.3, 0.4) is 0 Å². The van der Waals surface area contributed by atoms with Gasteiger partial charge in [-0.05, 0) is 42.7 Å². The highest BCUT2D eigenvalue weighted by molar-refractivity contribution is 6.87. The van der Waals surface area contributed by atoms with Crippen LogP contribution in [0.5, 0.6) is 0 Å². The Morgan fingerprint density at radius 2 is 1.26 bits per heavy atom. The number of aliphatic hydroxyl groups excluding tert-OH is 1. The first kappa shape index (κ1) is 25.4. The summed E-state index contributed by atoms with van der Waals surface area (Å²) in [5.41, 5.74) is 0. The molecule has 0 amide bonds. The van der Waals surface area contributed by atoms with Crippen molar-refractivity contribution < 1.29 is 9.22 Å². The molecule has 138 valence electrons. The molecule has 2 nitrogen and oxygen atoms in total. The van der Waals surface area contributed by atoms with E-state index in [1.165, 1.54) is 0 Å². The van der Waals surface area contributed by atoms with E-state index < -0.39 is 16.6 Å². The van der Waals surface area contributed by atoms with Crippen molar-refractivity contribution in [2.75, 3.05) is 12.5 Å². The molecule has 0 aromatic rings. The largest absolute Gasteiger partial charge is 0.455 e. The highest BCUT2D eigenvalue weighted by Gasteiger charge is 2.46. The summed E-state index contributed by atoms with van der Waals surface area (Å²) in [5, 5.41) is 8.80. The summed E-state index contributed by atoms with van der Waals surface area (Å²) in [5.74, 6) is 5.93. The van der Waals surface area contributed by atoms with Gasteiger partial charge in [-0.1, -0.05) is 47.5 Å². The van der Waals surface area contributed by atoms with Gasteiger partial charge in [-0.15, -0.1) is 17.5 Å². The summed E-state index contributed by atoms with van der Waals surface area (Å²) < 4.78 is 6.63. The average Bonchev–Trinajstić information content (AvgIpc) is 2.31. The number of hydrogen-bond acceptors (Lipinski definition) is 2. The number of rotatable bonds is 4. The zero-order valence-corrected chi connectivity index (χ0v) is 19.8. The predicted octanol–water partition coefficient (Wildman–Crippen LogP) is 6.01. The fourth-order valence-corrected chi connectivity index (χ4v) is 8.93. The second-order valence-corrected chi connectivity index (χ2v) is 19.2. The van der Waals surface area contributed by atoms with E-state index in [4.69, 9.17) is 20.8 Å². The van der Waals surface area contributed by atoms with Gasteiger partial charge in [-0.3, -0.25) is 0 Å². The molecule has 5 heteroatoms. The van der Waals surface area contributed by atoms with Crippen LogP contribution in [0.4, 0.5) is 0 Å². The van der Waals surface area contributed by atoms with E-state index in [9.17, 15) is 0 Å². The maximum atomic E-state index is 8.16. The van der Waals surface area contributed by atoms with Gasteiger partial charge in [-0.2, -0.15) is 0 Å². The van der Waals surface area contributed by atoms with Gasteiger partial charge in [0.1, 0.15) is 6.61 Å². The van der Waals surface area contributed by atoms with Crippen molar-refractivity contribution >= 4 is 28.2 Å². The van der Waals surface area contributed by atoms with Crippen LogP contribution >= 0.6 is 11.6 Å². The van der Waals surface area contributed by atoms with E-state index in [1.807, 2.05) is 0 Å². The van der Waals surface area contributed by atoms with Crippen LogP contribution in [-0.2, 0) is 4.12 Å². The van der Waals surface area contributed by atoms with Crippen LogP contribution in [0.2, 0.25) is 36.3 Å². The van der Waals surface area contributed by atoms with Crippen LogP contribution < -0.4 is 0 Å². The van der Waals surface area contributed by atoms with Crippen molar-refractivity contribution in [1.82, 2.24) is 0 Å². The van der Waals surface area contributed by atoms with E-state index >= 15 is 0 Å². The maximum absolute atomic E-state index is 8.16. The van der Waals surface area contributed by atoms with Crippen LogP contribution in [0.15, 0.2) is 0 Å². The highest BCUT2D eigenvalue weighted by Crippen LogP contribution is 2.44. The minimum Gasteiger partial charge on any atom is -0.455 e. The molecule has 0 bridgehead atoms. The molecule has 0 aromatic heterocycles. The maximum Gasteiger partial charge on any atom is 0.178 e. The number of hydrogen-bond donors (Lipinski definition) is 1. The van der Waals surface area contributed by atoms with E-state index in [2.05, 4.69) is 79.6 Å². The molecule has 0 spiro atoms. The van der Waals surface area contributed by atoms with Gasteiger partial charge in [0.15, 0.2) is 16.6 Å². The van der Waals surface area contributed by atoms with E-state index in [1.54, 1.807) is 0 Å². The molecule has 0 aliphatic carbocycles. The fourth-order valence-electron chi connectivity index (χ4n) is 1.24. The third-order valence-electron chi connectivity index (χ3n) is 4.76. The Balaban J connectivity index is 0. The highest BCUT2D eigenvalue weighted by atomic mass is 35.5. The van der Waals surface area contributed by atoms with Crippen LogP contribution in [-0.4, -0.2) is 34.2 Å². The predicted molar refractivity (Wildman–Crippen MR) is 110 cm³/mol. The molecule has 1 N–H and O–H groups in total. The third kappa shape index (κ3) is 10.6. The van der Waals surface area contributed by atoms with E-state index in [0.717, 1.165) is 12.8 Å². The lowest BCUT2D eigenvalue weighted by Gasteiger charge is -2.47. The molecule has 0 aliphatic rings. The number of aliphatic hydroxyl groups is 1. The van der Waals surface area contributed by atoms with Crippen LogP contribution in [0, 0.1) is 11.8 Å². The topological polar surface area (TPSA) is 29.5 Å². The first-order valence-corrected chi connectivity index (χ1v) is 14.8. The van der Waals surface area contributed by atoms with Gasteiger partial charge in [0, 0.05) is 12.3 Å². The molecule has 0 saturated carbocycles. The summed E-state index contributed by atoms with van der Waals surface area (Å²) in [6.07, 6.45) is 1.71. The summed E-state index contributed by atoms with van der Waals surface area (Å²) in [7, 11) is -3.18. The lowest BCUT2D eigenvalue weighted by atomic mass is 10.2. The first-order valence-electron chi connectivity index (χ1n) is 8.45. The molecule has 0 fully saturated rings. The zero-order valence-electron chi connectivity index (χ0n) is 17.1. The molecule has 0 heterocycles. The molecule has 0 unspecified atom stereocenters. The monoisotopic (exact) mass is 378 g/mol. The standard InChI is InChI=1S/C12H30OSi2.C6H9ClO/c1-11(2,3)14(7,8)13-15(9,10)12(4,5)6;7-5-3-1-2-4-6-8/h1-10H3;8H,1,3,5-6H2. The fraction of sp³-hybridized carbons (Fsp3) is 0.889. The lowest BCUT2D eigenvalue weighted by molar-refractivity contribution is 0.350. The molecule has 0 saturated heterocycles. The van der Waals surface area contributed by atoms with Gasteiger partial charge in [-0.25, -0.2) is 0 Å². The molecule has 0 rings (SSSR count). The van der Waals surface area contributed by atoms with Gasteiger partial charge < -0.3 is 9.22 Å². The average molecular weight is 379 g/mol. The molecule has 0 atom stereocenters. The molecule has 0 aliphatic heterocycles. The van der Waals surface area contributed by atoms with E-state index in [0.29, 0.717) is 16.0 Å². The Labute approximate surface area is 152 Å². The molecule has 0 radical (unpaired) electrons. The number of unbranched alkanes of at least 4 members (excludes halogenated alkanes) is 1. The quantitative estimate of drug-likeness (QED) is 0.280. The molecule has 0 aromatic carbocycles. The van der Waals surface area contributed by atoms with Gasteiger partial charge in [0.2, 0.25) is 0 Å². The lowest BCUT2D eigenvalue weighted by Crippen LogP contribution is -2.53. The second kappa shape index (κ2) is 10.3. The minimum atomic E-state index is -1.59.